The highest BCUT2D eigenvalue weighted by Gasteiger charge is 2.17. The number of carbonyl (C=O) groups is 1. The second kappa shape index (κ2) is 4.76. The third kappa shape index (κ3) is 2.11. The first-order valence-electron chi connectivity index (χ1n) is 5.45. The first-order chi connectivity index (χ1) is 8.63. The van der Waals surface area contributed by atoms with Gasteiger partial charge in [-0.1, -0.05) is 30.3 Å². The minimum absolute atomic E-state index is 0.0928. The number of hydrogen-bond acceptors (Lipinski definition) is 3. The van der Waals surface area contributed by atoms with Crippen LogP contribution in [0.1, 0.15) is 17.3 Å². The highest BCUT2D eigenvalue weighted by atomic mass is 16.5. The molecule has 0 aliphatic rings. The largest absolute Gasteiger partial charge is 0.478 e. The summed E-state index contributed by atoms with van der Waals surface area (Å²) in [5.41, 5.74) is 0.0928. The molecule has 0 aliphatic heterocycles. The number of carboxylic acid groups (broad SMARTS) is 1. The van der Waals surface area contributed by atoms with E-state index in [9.17, 15) is 9.90 Å². The van der Waals surface area contributed by atoms with Gasteiger partial charge in [0.1, 0.15) is 17.4 Å². The molecular weight excluding hydrogens is 230 g/mol. The molecule has 0 spiro atoms. The van der Waals surface area contributed by atoms with Crippen LogP contribution in [0.25, 0.3) is 10.8 Å². The topological polar surface area (TPSA) is 70.3 Å². The Morgan fingerprint density at radius 1 is 1.33 bits per heavy atom. The van der Waals surface area contributed by atoms with Crippen LogP contribution in [-0.4, -0.2) is 17.2 Å². The maximum absolute atomic E-state index is 11.3. The van der Waals surface area contributed by atoms with E-state index in [1.165, 1.54) is 0 Å². The lowest BCUT2D eigenvalue weighted by molar-refractivity contribution is 0.0693. The summed E-state index contributed by atoms with van der Waals surface area (Å²) in [4.78, 5) is 11.3. The molecule has 2 aromatic carbocycles. The quantitative estimate of drug-likeness (QED) is 0.896. The van der Waals surface area contributed by atoms with Crippen molar-refractivity contribution in [1.82, 2.24) is 0 Å². The Morgan fingerprint density at radius 2 is 2.06 bits per heavy atom. The summed E-state index contributed by atoms with van der Waals surface area (Å²) in [6.45, 7) is 1.57. The Hall–Kier alpha value is -2.54. The van der Waals surface area contributed by atoms with E-state index >= 15 is 0 Å². The van der Waals surface area contributed by atoms with Crippen molar-refractivity contribution in [2.45, 2.75) is 13.0 Å². The fraction of sp³-hybridized carbons (Fsp3) is 0.143. The lowest BCUT2D eigenvalue weighted by Crippen LogP contribution is -2.11. The van der Waals surface area contributed by atoms with Crippen molar-refractivity contribution in [3.05, 3.63) is 42.0 Å². The Bertz CT molecular complexity index is 643. The van der Waals surface area contributed by atoms with Gasteiger partial charge in [0.2, 0.25) is 0 Å². The molecule has 2 aromatic rings. The SMILES string of the molecule is CC(C#N)Oc1ccc2ccccc2c1C(=O)O. The number of nitrogens with zero attached hydrogens (tertiary/aromatic N) is 1. The van der Waals surface area contributed by atoms with Crippen molar-refractivity contribution < 1.29 is 14.6 Å². The van der Waals surface area contributed by atoms with Crippen molar-refractivity contribution >= 4 is 16.7 Å². The highest BCUT2D eigenvalue weighted by molar-refractivity contribution is 6.06. The number of aromatic carboxylic acids is 1. The maximum Gasteiger partial charge on any atom is 0.340 e. The van der Waals surface area contributed by atoms with E-state index in [-0.39, 0.29) is 11.3 Å². The van der Waals surface area contributed by atoms with Gasteiger partial charge in [-0.15, -0.1) is 0 Å². The van der Waals surface area contributed by atoms with Gasteiger partial charge in [-0.2, -0.15) is 5.26 Å². The molecule has 0 saturated heterocycles. The molecule has 90 valence electrons. The standard InChI is InChI=1S/C14H11NO3/c1-9(8-15)18-12-7-6-10-4-2-3-5-11(10)13(12)14(16)17/h2-7,9H,1H3,(H,16,17). The van der Waals surface area contributed by atoms with Gasteiger partial charge < -0.3 is 9.84 Å². The molecule has 0 saturated carbocycles. The highest BCUT2D eigenvalue weighted by Crippen LogP contribution is 2.28. The van der Waals surface area contributed by atoms with E-state index < -0.39 is 12.1 Å². The van der Waals surface area contributed by atoms with Gasteiger partial charge in [-0.25, -0.2) is 4.79 Å². The van der Waals surface area contributed by atoms with Gasteiger partial charge in [0.25, 0.3) is 0 Å². The first kappa shape index (κ1) is 11.9. The zero-order valence-electron chi connectivity index (χ0n) is 9.75. The number of benzene rings is 2. The van der Waals surface area contributed by atoms with Gasteiger partial charge in [0.15, 0.2) is 6.10 Å². The molecule has 0 aromatic heterocycles. The van der Waals surface area contributed by atoms with Crippen LogP contribution < -0.4 is 4.74 Å². The van der Waals surface area contributed by atoms with E-state index in [2.05, 4.69) is 0 Å². The van der Waals surface area contributed by atoms with E-state index in [0.29, 0.717) is 5.39 Å². The van der Waals surface area contributed by atoms with Gasteiger partial charge >= 0.3 is 5.97 Å². The second-order valence-corrected chi connectivity index (χ2v) is 3.85. The number of fused-ring (bicyclic) bond motifs is 1. The number of carboxylic acids is 1. The molecule has 4 heteroatoms. The molecule has 2 rings (SSSR count). The van der Waals surface area contributed by atoms with E-state index in [1.54, 1.807) is 31.2 Å². The zero-order valence-corrected chi connectivity index (χ0v) is 9.75. The van der Waals surface area contributed by atoms with Crippen LogP contribution in [0.3, 0.4) is 0 Å². The van der Waals surface area contributed by atoms with E-state index in [4.69, 9.17) is 10.00 Å². The van der Waals surface area contributed by atoms with Crippen molar-refractivity contribution in [2.75, 3.05) is 0 Å². The summed E-state index contributed by atoms with van der Waals surface area (Å²) >= 11 is 0. The Balaban J connectivity index is 2.64. The van der Waals surface area contributed by atoms with Crippen molar-refractivity contribution in [2.24, 2.45) is 0 Å². The fourth-order valence-corrected chi connectivity index (χ4v) is 1.79. The third-order valence-electron chi connectivity index (χ3n) is 2.59. The van der Waals surface area contributed by atoms with Crippen LogP contribution >= 0.6 is 0 Å². The van der Waals surface area contributed by atoms with Crippen molar-refractivity contribution in [3.63, 3.8) is 0 Å². The molecule has 0 radical (unpaired) electrons. The van der Waals surface area contributed by atoms with Crippen LogP contribution in [0.2, 0.25) is 0 Å². The van der Waals surface area contributed by atoms with Gasteiger partial charge in [0, 0.05) is 0 Å². The van der Waals surface area contributed by atoms with E-state index in [1.807, 2.05) is 18.2 Å². The number of rotatable bonds is 3. The Labute approximate surface area is 104 Å². The average Bonchev–Trinajstić information content (AvgIpc) is 2.37. The monoisotopic (exact) mass is 241 g/mol. The average molecular weight is 241 g/mol. The Morgan fingerprint density at radius 3 is 2.72 bits per heavy atom. The summed E-state index contributed by atoms with van der Waals surface area (Å²) in [5.74, 6) is -0.845. The molecule has 0 aliphatic carbocycles. The molecule has 1 N–H and O–H groups in total. The second-order valence-electron chi connectivity index (χ2n) is 3.85. The molecule has 0 fully saturated rings. The van der Waals surface area contributed by atoms with Gasteiger partial charge in [-0.05, 0) is 23.8 Å². The lowest BCUT2D eigenvalue weighted by Gasteiger charge is -2.12. The summed E-state index contributed by atoms with van der Waals surface area (Å²) in [7, 11) is 0. The molecule has 0 amide bonds. The molecule has 1 unspecified atom stereocenters. The normalized spacial score (nSPS) is 11.8. The molecule has 0 bridgehead atoms. The molecule has 4 nitrogen and oxygen atoms in total. The predicted molar refractivity (Wildman–Crippen MR) is 66.6 cm³/mol. The number of ether oxygens (including phenoxy) is 1. The van der Waals surface area contributed by atoms with E-state index in [0.717, 1.165) is 5.39 Å². The molecule has 0 heterocycles. The molecule has 18 heavy (non-hydrogen) atoms. The summed E-state index contributed by atoms with van der Waals surface area (Å²) in [6.07, 6.45) is -0.690. The summed E-state index contributed by atoms with van der Waals surface area (Å²) < 4.78 is 5.32. The van der Waals surface area contributed by atoms with Gasteiger partial charge in [-0.3, -0.25) is 0 Å². The number of hydrogen-bond donors (Lipinski definition) is 1. The van der Waals surface area contributed by atoms with Crippen LogP contribution in [0, 0.1) is 11.3 Å². The fourth-order valence-electron chi connectivity index (χ4n) is 1.79. The smallest absolute Gasteiger partial charge is 0.340 e. The summed E-state index contributed by atoms with van der Waals surface area (Å²) in [6, 6.07) is 12.4. The van der Waals surface area contributed by atoms with Crippen molar-refractivity contribution in [1.29, 1.82) is 5.26 Å². The van der Waals surface area contributed by atoms with Crippen LogP contribution in [-0.2, 0) is 0 Å². The minimum atomic E-state index is -1.06. The van der Waals surface area contributed by atoms with Crippen LogP contribution in [0.5, 0.6) is 5.75 Å². The number of nitriles is 1. The van der Waals surface area contributed by atoms with Crippen LogP contribution in [0.15, 0.2) is 36.4 Å². The zero-order chi connectivity index (χ0) is 13.1. The maximum atomic E-state index is 11.3. The molecule has 1 atom stereocenters. The molecular formula is C14H11NO3. The predicted octanol–water partition coefficient (Wildman–Crippen LogP) is 2.83. The Kier molecular flexibility index (Phi) is 3.16. The van der Waals surface area contributed by atoms with Gasteiger partial charge in [0.05, 0.1) is 0 Å². The summed E-state index contributed by atoms with van der Waals surface area (Å²) in [5, 5.41) is 19.4. The first-order valence-corrected chi connectivity index (χ1v) is 5.45. The lowest BCUT2D eigenvalue weighted by atomic mass is 10.0. The van der Waals surface area contributed by atoms with Crippen molar-refractivity contribution in [3.8, 4) is 11.8 Å². The third-order valence-corrected chi connectivity index (χ3v) is 2.59. The minimum Gasteiger partial charge on any atom is -0.478 e. The van der Waals surface area contributed by atoms with Crippen LogP contribution in [0.4, 0.5) is 0 Å².